The van der Waals surface area contributed by atoms with Gasteiger partial charge >= 0.3 is 5.97 Å². The lowest BCUT2D eigenvalue weighted by molar-refractivity contribution is 0.0692. The van der Waals surface area contributed by atoms with Crippen LogP contribution in [0.25, 0.3) is 11.1 Å². The van der Waals surface area contributed by atoms with E-state index in [0.717, 1.165) is 29.7 Å². The maximum Gasteiger partial charge on any atom is 0.341 e. The molecule has 5 heteroatoms. The number of aromatic nitrogens is 1. The summed E-state index contributed by atoms with van der Waals surface area (Å²) in [6.45, 7) is 0. The van der Waals surface area contributed by atoms with Gasteiger partial charge in [-0.05, 0) is 36.6 Å². The van der Waals surface area contributed by atoms with Crippen molar-refractivity contribution in [2.24, 2.45) is 0 Å². The Morgan fingerprint density at radius 1 is 1.33 bits per heavy atom. The van der Waals surface area contributed by atoms with Crippen molar-refractivity contribution < 1.29 is 14.6 Å². The molecule has 0 unspecified atom stereocenters. The van der Waals surface area contributed by atoms with Crippen LogP contribution in [0.1, 0.15) is 34.8 Å². The molecule has 108 valence electrons. The van der Waals surface area contributed by atoms with Gasteiger partial charge in [0.2, 0.25) is 5.88 Å². The quantitative estimate of drug-likeness (QED) is 0.928. The SMILES string of the molecule is COc1nc(C2CC2)c(-c2ccc(Cl)cc2)cc1C(=O)O. The highest BCUT2D eigenvalue weighted by atomic mass is 35.5. The number of carbonyl (C=O) groups is 1. The van der Waals surface area contributed by atoms with Crippen molar-refractivity contribution in [3.63, 3.8) is 0 Å². The van der Waals surface area contributed by atoms with Crippen LogP contribution >= 0.6 is 11.6 Å². The third-order valence-corrected chi connectivity index (χ3v) is 3.81. The minimum atomic E-state index is -1.04. The van der Waals surface area contributed by atoms with E-state index in [1.165, 1.54) is 7.11 Å². The van der Waals surface area contributed by atoms with E-state index in [4.69, 9.17) is 16.3 Å². The molecular weight excluding hydrogens is 290 g/mol. The van der Waals surface area contributed by atoms with Crippen molar-refractivity contribution in [1.29, 1.82) is 0 Å². The molecule has 1 saturated carbocycles. The number of benzene rings is 1. The molecule has 0 spiro atoms. The van der Waals surface area contributed by atoms with E-state index in [1.54, 1.807) is 18.2 Å². The number of halogens is 1. The van der Waals surface area contributed by atoms with Gasteiger partial charge in [0.05, 0.1) is 12.8 Å². The summed E-state index contributed by atoms with van der Waals surface area (Å²) in [7, 11) is 1.44. The second-order valence-electron chi connectivity index (χ2n) is 5.06. The van der Waals surface area contributed by atoms with Gasteiger partial charge < -0.3 is 9.84 Å². The molecule has 1 aliphatic carbocycles. The highest BCUT2D eigenvalue weighted by molar-refractivity contribution is 6.30. The predicted octanol–water partition coefficient (Wildman–Crippen LogP) is 3.99. The van der Waals surface area contributed by atoms with Gasteiger partial charge in [0.15, 0.2) is 0 Å². The van der Waals surface area contributed by atoms with E-state index >= 15 is 0 Å². The number of hydrogen-bond acceptors (Lipinski definition) is 3. The lowest BCUT2D eigenvalue weighted by Gasteiger charge is -2.13. The minimum Gasteiger partial charge on any atom is -0.480 e. The zero-order valence-corrected chi connectivity index (χ0v) is 12.2. The highest BCUT2D eigenvalue weighted by Crippen LogP contribution is 2.44. The van der Waals surface area contributed by atoms with Crippen molar-refractivity contribution >= 4 is 17.6 Å². The molecular formula is C16H14ClNO3. The number of rotatable bonds is 4. The van der Waals surface area contributed by atoms with Crippen LogP contribution in [0, 0.1) is 0 Å². The fourth-order valence-electron chi connectivity index (χ4n) is 2.35. The van der Waals surface area contributed by atoms with E-state index in [1.807, 2.05) is 12.1 Å². The van der Waals surface area contributed by atoms with Crippen molar-refractivity contribution in [2.45, 2.75) is 18.8 Å². The molecule has 0 aliphatic heterocycles. The van der Waals surface area contributed by atoms with Gasteiger partial charge in [-0.2, -0.15) is 0 Å². The Morgan fingerprint density at radius 3 is 2.52 bits per heavy atom. The molecule has 0 radical (unpaired) electrons. The van der Waals surface area contributed by atoms with Crippen LogP contribution in [0.4, 0.5) is 0 Å². The van der Waals surface area contributed by atoms with Crippen LogP contribution in [0.2, 0.25) is 5.02 Å². The fourth-order valence-corrected chi connectivity index (χ4v) is 2.47. The number of nitrogens with zero attached hydrogens (tertiary/aromatic N) is 1. The number of pyridine rings is 1. The van der Waals surface area contributed by atoms with Gasteiger partial charge in [-0.25, -0.2) is 9.78 Å². The Kier molecular flexibility index (Phi) is 3.55. The van der Waals surface area contributed by atoms with Gasteiger partial charge in [0.1, 0.15) is 5.56 Å². The van der Waals surface area contributed by atoms with Crippen molar-refractivity contribution in [3.05, 3.63) is 46.6 Å². The summed E-state index contributed by atoms with van der Waals surface area (Å²) in [6.07, 6.45) is 2.15. The van der Waals surface area contributed by atoms with Gasteiger partial charge in [-0.3, -0.25) is 0 Å². The van der Waals surface area contributed by atoms with E-state index in [-0.39, 0.29) is 11.4 Å². The molecule has 2 aromatic rings. The average molecular weight is 304 g/mol. The molecule has 1 N–H and O–H groups in total. The van der Waals surface area contributed by atoms with Gasteiger partial charge in [-0.1, -0.05) is 23.7 Å². The molecule has 1 fully saturated rings. The summed E-state index contributed by atoms with van der Waals surface area (Å²) in [5.74, 6) is -0.494. The molecule has 0 bridgehead atoms. The van der Waals surface area contributed by atoms with E-state index < -0.39 is 5.97 Å². The molecule has 1 aromatic carbocycles. The van der Waals surface area contributed by atoms with Gasteiger partial charge in [0, 0.05) is 16.5 Å². The Hall–Kier alpha value is -2.07. The van der Waals surface area contributed by atoms with Crippen molar-refractivity contribution in [2.75, 3.05) is 7.11 Å². The van der Waals surface area contributed by atoms with Crippen molar-refractivity contribution in [1.82, 2.24) is 4.98 Å². The molecule has 0 amide bonds. The zero-order valence-electron chi connectivity index (χ0n) is 11.5. The smallest absolute Gasteiger partial charge is 0.341 e. The minimum absolute atomic E-state index is 0.0758. The first-order chi connectivity index (χ1) is 10.1. The molecule has 3 rings (SSSR count). The number of carboxylic acids is 1. The van der Waals surface area contributed by atoms with E-state index in [9.17, 15) is 9.90 Å². The number of hydrogen-bond donors (Lipinski definition) is 1. The lowest BCUT2D eigenvalue weighted by Crippen LogP contribution is -2.06. The number of aromatic carboxylic acids is 1. The third-order valence-electron chi connectivity index (χ3n) is 3.56. The molecule has 1 aromatic heterocycles. The number of ether oxygens (including phenoxy) is 1. The lowest BCUT2D eigenvalue weighted by atomic mass is 9.99. The Bertz CT molecular complexity index is 693. The number of methoxy groups -OCH3 is 1. The topological polar surface area (TPSA) is 59.4 Å². The normalized spacial score (nSPS) is 14.0. The second-order valence-corrected chi connectivity index (χ2v) is 5.50. The fraction of sp³-hybridized carbons (Fsp3) is 0.250. The summed E-state index contributed by atoms with van der Waals surface area (Å²) in [5, 5.41) is 9.96. The van der Waals surface area contributed by atoms with Crippen LogP contribution in [0.5, 0.6) is 5.88 Å². The van der Waals surface area contributed by atoms with Gasteiger partial charge in [0.25, 0.3) is 0 Å². The van der Waals surface area contributed by atoms with Crippen LogP contribution in [-0.4, -0.2) is 23.2 Å². The first kappa shape index (κ1) is 13.9. The largest absolute Gasteiger partial charge is 0.480 e. The van der Waals surface area contributed by atoms with E-state index in [0.29, 0.717) is 10.9 Å². The first-order valence-electron chi connectivity index (χ1n) is 6.68. The standard InChI is InChI=1S/C16H14ClNO3/c1-21-15-13(16(19)20)8-12(14(18-15)10-2-3-10)9-4-6-11(17)7-5-9/h4-8,10H,2-3H2,1H3,(H,19,20). The van der Waals surface area contributed by atoms with E-state index in [2.05, 4.69) is 4.98 Å². The maximum atomic E-state index is 11.4. The summed E-state index contributed by atoms with van der Waals surface area (Å²) < 4.78 is 5.12. The molecule has 4 nitrogen and oxygen atoms in total. The maximum absolute atomic E-state index is 11.4. The zero-order chi connectivity index (χ0) is 15.0. The molecule has 1 aliphatic rings. The molecule has 0 atom stereocenters. The summed E-state index contributed by atoms with van der Waals surface area (Å²) in [4.78, 5) is 15.8. The molecule has 0 saturated heterocycles. The Balaban J connectivity index is 2.19. The highest BCUT2D eigenvalue weighted by Gasteiger charge is 2.30. The third kappa shape index (κ3) is 2.72. The first-order valence-corrected chi connectivity index (χ1v) is 7.06. The van der Waals surface area contributed by atoms with Crippen LogP contribution < -0.4 is 4.74 Å². The summed E-state index contributed by atoms with van der Waals surface area (Å²) in [5.41, 5.74) is 2.73. The molecule has 21 heavy (non-hydrogen) atoms. The van der Waals surface area contributed by atoms with Crippen LogP contribution in [0.15, 0.2) is 30.3 Å². The average Bonchev–Trinajstić information content (AvgIpc) is 3.31. The van der Waals surface area contributed by atoms with Gasteiger partial charge in [-0.15, -0.1) is 0 Å². The summed E-state index contributed by atoms with van der Waals surface area (Å²) >= 11 is 5.91. The second kappa shape index (κ2) is 5.37. The molecule has 1 heterocycles. The number of carboxylic acid groups (broad SMARTS) is 1. The monoisotopic (exact) mass is 303 g/mol. The van der Waals surface area contributed by atoms with Crippen LogP contribution in [-0.2, 0) is 0 Å². The van der Waals surface area contributed by atoms with Crippen LogP contribution in [0.3, 0.4) is 0 Å². The Labute approximate surface area is 127 Å². The van der Waals surface area contributed by atoms with Crippen molar-refractivity contribution in [3.8, 4) is 17.0 Å². The summed E-state index contributed by atoms with van der Waals surface area (Å²) in [6, 6.07) is 8.98. The predicted molar refractivity (Wildman–Crippen MR) is 80.2 cm³/mol. The Morgan fingerprint density at radius 2 is 2.00 bits per heavy atom.